The van der Waals surface area contributed by atoms with Crippen LogP contribution in [0.15, 0.2) is 5.38 Å². The van der Waals surface area contributed by atoms with Crippen molar-refractivity contribution >= 4 is 48.8 Å². The van der Waals surface area contributed by atoms with Crippen LogP contribution >= 0.6 is 22.9 Å². The monoisotopic (exact) mass is 387 g/mol. The van der Waals surface area contributed by atoms with Gasteiger partial charge in [-0.15, -0.1) is 11.3 Å². The maximum absolute atomic E-state index is 12.3. The summed E-state index contributed by atoms with van der Waals surface area (Å²) in [5.41, 5.74) is 1.39. The lowest BCUT2D eigenvalue weighted by molar-refractivity contribution is 0.0987. The largest absolute Gasteiger partial charge is 0.377 e. The summed E-state index contributed by atoms with van der Waals surface area (Å²) in [7, 11) is -3.09. The van der Waals surface area contributed by atoms with E-state index < -0.39 is 9.84 Å². The zero-order valence-corrected chi connectivity index (χ0v) is 15.6. The Morgan fingerprint density at radius 1 is 1.42 bits per heavy atom. The first-order valence-electron chi connectivity index (χ1n) is 7.95. The van der Waals surface area contributed by atoms with E-state index >= 15 is 0 Å². The van der Waals surface area contributed by atoms with Gasteiger partial charge in [-0.2, -0.15) is 4.98 Å². The molecule has 2 aliphatic rings. The molecule has 9 heteroatoms. The lowest BCUT2D eigenvalue weighted by Gasteiger charge is -2.34. The molecule has 6 nitrogen and oxygen atoms in total. The molecule has 0 aromatic carbocycles. The van der Waals surface area contributed by atoms with Crippen molar-refractivity contribution in [1.29, 1.82) is 0 Å². The first-order valence-corrected chi connectivity index (χ1v) is 10.9. The highest BCUT2D eigenvalue weighted by molar-refractivity contribution is 7.91. The number of ether oxygens (including phenoxy) is 1. The van der Waals surface area contributed by atoms with Crippen molar-refractivity contribution < 1.29 is 13.2 Å². The Hall–Kier alpha value is -0.960. The summed E-state index contributed by atoms with van der Waals surface area (Å²) in [5, 5.41) is 1.85. The van der Waals surface area contributed by atoms with E-state index in [0.29, 0.717) is 18.7 Å². The van der Waals surface area contributed by atoms with E-state index in [1.807, 2.05) is 5.38 Å². The lowest BCUT2D eigenvalue weighted by Crippen LogP contribution is -2.44. The van der Waals surface area contributed by atoms with E-state index in [9.17, 15) is 8.42 Å². The summed E-state index contributed by atoms with van der Waals surface area (Å²) < 4.78 is 31.0. The van der Waals surface area contributed by atoms with Gasteiger partial charge in [-0.3, -0.25) is 0 Å². The molecule has 1 aliphatic carbocycles. The number of fused-ring (bicyclic) bond motifs is 1. The van der Waals surface area contributed by atoms with Gasteiger partial charge in [-0.25, -0.2) is 13.4 Å². The minimum absolute atomic E-state index is 0.0309. The molecule has 0 bridgehead atoms. The Morgan fingerprint density at radius 2 is 2.21 bits per heavy atom. The summed E-state index contributed by atoms with van der Waals surface area (Å²) in [5.74, 6) is 0.809. The molecule has 2 aromatic rings. The second kappa shape index (κ2) is 6.09. The van der Waals surface area contributed by atoms with Gasteiger partial charge in [0.2, 0.25) is 5.28 Å². The summed E-state index contributed by atoms with van der Waals surface area (Å²) in [6, 6.07) is 0.189. The quantitative estimate of drug-likeness (QED) is 0.751. The van der Waals surface area contributed by atoms with Crippen LogP contribution in [0, 0.1) is 0 Å². The summed E-state index contributed by atoms with van der Waals surface area (Å²) in [6.07, 6.45) is 1.55. The van der Waals surface area contributed by atoms with Crippen molar-refractivity contribution in [1.82, 2.24) is 9.97 Å². The van der Waals surface area contributed by atoms with E-state index in [1.54, 1.807) is 0 Å². The third kappa shape index (κ3) is 3.00. The van der Waals surface area contributed by atoms with Crippen molar-refractivity contribution in [2.75, 3.05) is 24.7 Å². The van der Waals surface area contributed by atoms with Crippen LogP contribution < -0.4 is 4.90 Å². The number of nitrogens with zero attached hydrogens (tertiary/aromatic N) is 3. The standard InChI is InChI=1S/C15H18ClN3O3S2/c1-9-6-22-5-4-19(9)14-13-12(17-15(16)18-14)10(7-23-13)8-24(20,21)11-2-3-11/h7,9,11H,2-6,8H2,1H3/t9-/m1/s1. The molecule has 0 N–H and O–H groups in total. The molecule has 2 aromatic heterocycles. The van der Waals surface area contributed by atoms with Gasteiger partial charge in [-0.05, 0) is 36.7 Å². The first-order chi connectivity index (χ1) is 11.5. The fourth-order valence-electron chi connectivity index (χ4n) is 3.02. The van der Waals surface area contributed by atoms with Gasteiger partial charge >= 0.3 is 0 Å². The molecule has 130 valence electrons. The fourth-order valence-corrected chi connectivity index (χ4v) is 6.05. The van der Waals surface area contributed by atoms with Gasteiger partial charge in [0, 0.05) is 12.1 Å². The number of sulfone groups is 1. The van der Waals surface area contributed by atoms with Crippen molar-refractivity contribution in [2.24, 2.45) is 0 Å². The lowest BCUT2D eigenvalue weighted by atomic mass is 10.2. The van der Waals surface area contributed by atoms with Crippen LogP contribution in [0.5, 0.6) is 0 Å². The number of halogens is 1. The van der Waals surface area contributed by atoms with Crippen LogP contribution in [-0.4, -0.2) is 49.4 Å². The van der Waals surface area contributed by atoms with Crippen molar-refractivity contribution in [2.45, 2.75) is 36.8 Å². The van der Waals surface area contributed by atoms with E-state index in [4.69, 9.17) is 16.3 Å². The Balaban J connectivity index is 1.76. The molecule has 3 heterocycles. The predicted octanol–water partition coefficient (Wildman–Crippen LogP) is 2.65. The smallest absolute Gasteiger partial charge is 0.224 e. The number of rotatable bonds is 4. The first kappa shape index (κ1) is 16.5. The highest BCUT2D eigenvalue weighted by atomic mass is 35.5. The van der Waals surface area contributed by atoms with Crippen molar-refractivity contribution in [3.05, 3.63) is 16.2 Å². The van der Waals surface area contributed by atoms with Crippen LogP contribution in [0.25, 0.3) is 10.2 Å². The molecule has 2 fully saturated rings. The molecule has 0 unspecified atom stereocenters. The Kier molecular flexibility index (Phi) is 4.19. The zero-order chi connectivity index (χ0) is 16.9. The summed E-state index contributed by atoms with van der Waals surface area (Å²) in [4.78, 5) is 10.9. The van der Waals surface area contributed by atoms with Crippen LogP contribution in [-0.2, 0) is 20.3 Å². The second-order valence-electron chi connectivity index (χ2n) is 6.38. The average molecular weight is 388 g/mol. The van der Waals surface area contributed by atoms with E-state index in [0.717, 1.165) is 35.5 Å². The fraction of sp³-hybridized carbons (Fsp3) is 0.600. The van der Waals surface area contributed by atoms with Gasteiger partial charge in [0.25, 0.3) is 0 Å². The molecule has 1 saturated heterocycles. The van der Waals surface area contributed by atoms with E-state index in [2.05, 4.69) is 21.8 Å². The van der Waals surface area contributed by atoms with Crippen LogP contribution in [0.4, 0.5) is 5.82 Å². The van der Waals surface area contributed by atoms with Crippen LogP contribution in [0.3, 0.4) is 0 Å². The van der Waals surface area contributed by atoms with Crippen LogP contribution in [0.2, 0.25) is 5.28 Å². The topological polar surface area (TPSA) is 72.4 Å². The Morgan fingerprint density at radius 3 is 2.92 bits per heavy atom. The molecule has 24 heavy (non-hydrogen) atoms. The predicted molar refractivity (Wildman–Crippen MR) is 95.7 cm³/mol. The number of morpholine rings is 1. The average Bonchev–Trinajstić information content (AvgIpc) is 3.32. The molecule has 1 saturated carbocycles. The summed E-state index contributed by atoms with van der Waals surface area (Å²) in [6.45, 7) is 4.09. The number of hydrogen-bond donors (Lipinski definition) is 0. The summed E-state index contributed by atoms with van der Waals surface area (Å²) >= 11 is 7.63. The third-order valence-electron chi connectivity index (χ3n) is 4.47. The SMILES string of the molecule is C[C@@H]1COCCN1c1nc(Cl)nc2c(CS(=O)(=O)C3CC3)csc12. The van der Waals surface area contributed by atoms with Gasteiger partial charge in [0.1, 0.15) is 0 Å². The highest BCUT2D eigenvalue weighted by Gasteiger charge is 2.36. The highest BCUT2D eigenvalue weighted by Crippen LogP contribution is 2.37. The van der Waals surface area contributed by atoms with Crippen molar-refractivity contribution in [3.8, 4) is 0 Å². The Bertz CT molecular complexity index is 879. The molecule has 0 amide bonds. The zero-order valence-electron chi connectivity index (χ0n) is 13.2. The molecule has 1 atom stereocenters. The number of aromatic nitrogens is 2. The van der Waals surface area contributed by atoms with Gasteiger partial charge in [-0.1, -0.05) is 0 Å². The van der Waals surface area contributed by atoms with E-state index in [-0.39, 0.29) is 22.3 Å². The molecule has 1 aliphatic heterocycles. The molecule has 0 spiro atoms. The van der Waals surface area contributed by atoms with E-state index in [1.165, 1.54) is 11.3 Å². The van der Waals surface area contributed by atoms with Crippen molar-refractivity contribution in [3.63, 3.8) is 0 Å². The maximum atomic E-state index is 12.3. The molecule has 0 radical (unpaired) electrons. The maximum Gasteiger partial charge on any atom is 0.224 e. The number of hydrogen-bond acceptors (Lipinski definition) is 7. The number of anilines is 1. The van der Waals surface area contributed by atoms with Gasteiger partial charge in [0.15, 0.2) is 15.7 Å². The molecular formula is C15H18ClN3O3S2. The normalized spacial score (nSPS) is 22.2. The van der Waals surface area contributed by atoms with Gasteiger partial charge in [0.05, 0.1) is 40.5 Å². The second-order valence-corrected chi connectivity index (χ2v) is 9.88. The number of thiophene rings is 1. The minimum atomic E-state index is -3.09. The third-order valence-corrected chi connectivity index (χ3v) is 7.86. The minimum Gasteiger partial charge on any atom is -0.377 e. The molecule has 4 rings (SSSR count). The van der Waals surface area contributed by atoms with Gasteiger partial charge < -0.3 is 9.64 Å². The van der Waals surface area contributed by atoms with Crippen LogP contribution in [0.1, 0.15) is 25.3 Å². The Labute approximate surface area is 149 Å². The molecular weight excluding hydrogens is 370 g/mol.